The summed E-state index contributed by atoms with van der Waals surface area (Å²) in [5.41, 5.74) is 1.97. The van der Waals surface area contributed by atoms with E-state index in [1.807, 2.05) is 31.2 Å². The van der Waals surface area contributed by atoms with Crippen LogP contribution in [0.15, 0.2) is 63.5 Å². The summed E-state index contributed by atoms with van der Waals surface area (Å²) in [5, 5.41) is 0.943. The number of benzene rings is 2. The van der Waals surface area contributed by atoms with Crippen molar-refractivity contribution in [2.24, 2.45) is 4.99 Å². The van der Waals surface area contributed by atoms with Gasteiger partial charge < -0.3 is 9.47 Å². The Labute approximate surface area is 210 Å². The number of aromatic nitrogens is 1. The van der Waals surface area contributed by atoms with Gasteiger partial charge in [-0.3, -0.25) is 9.36 Å². The lowest BCUT2D eigenvalue weighted by Gasteiger charge is -2.24. The molecule has 4 rings (SSSR count). The van der Waals surface area contributed by atoms with E-state index in [9.17, 15) is 9.59 Å². The topological polar surface area (TPSA) is 69.9 Å². The Kier molecular flexibility index (Phi) is 7.26. The van der Waals surface area contributed by atoms with Gasteiger partial charge in [-0.2, -0.15) is 0 Å². The number of thiazole rings is 1. The standard InChI is InChI=1S/C25H22Cl2N2O4S/c1-4-32-18-10-7-15(8-11-18)22-21(24(31)33-5-2)14(3)28-25-29(22)23(30)20(34-25)12-16-6-9-17(26)13-19(16)27/h6-13,22H,4-5H2,1-3H3/b20-12-/t22-/m0/s1. The lowest BCUT2D eigenvalue weighted by Crippen LogP contribution is -2.39. The molecule has 176 valence electrons. The molecular formula is C25H22Cl2N2O4S. The molecule has 1 aromatic heterocycles. The zero-order valence-electron chi connectivity index (χ0n) is 18.8. The third-order valence-corrected chi connectivity index (χ3v) is 6.82. The van der Waals surface area contributed by atoms with E-state index in [0.717, 1.165) is 5.56 Å². The van der Waals surface area contributed by atoms with Crippen molar-refractivity contribution >= 4 is 46.6 Å². The maximum absolute atomic E-state index is 13.6. The van der Waals surface area contributed by atoms with E-state index in [1.54, 1.807) is 38.1 Å². The molecule has 1 aliphatic heterocycles. The Hall–Kier alpha value is -2.87. The predicted octanol–water partition coefficient (Wildman–Crippen LogP) is 4.50. The molecule has 0 spiro atoms. The van der Waals surface area contributed by atoms with Crippen molar-refractivity contribution in [3.8, 4) is 5.75 Å². The van der Waals surface area contributed by atoms with Crippen molar-refractivity contribution in [1.29, 1.82) is 0 Å². The van der Waals surface area contributed by atoms with E-state index < -0.39 is 12.0 Å². The highest BCUT2D eigenvalue weighted by molar-refractivity contribution is 7.07. The third-order valence-electron chi connectivity index (χ3n) is 5.27. The molecule has 0 saturated heterocycles. The van der Waals surface area contributed by atoms with Crippen LogP contribution in [-0.4, -0.2) is 23.8 Å². The quantitative estimate of drug-likeness (QED) is 0.452. The van der Waals surface area contributed by atoms with Crippen LogP contribution < -0.4 is 19.6 Å². The largest absolute Gasteiger partial charge is 0.494 e. The van der Waals surface area contributed by atoms with E-state index >= 15 is 0 Å². The number of rotatable bonds is 6. The van der Waals surface area contributed by atoms with Gasteiger partial charge in [-0.05, 0) is 62.2 Å². The van der Waals surface area contributed by atoms with Crippen LogP contribution in [0.1, 0.15) is 37.9 Å². The zero-order valence-corrected chi connectivity index (χ0v) is 21.1. The number of carbonyl (C=O) groups is 1. The van der Waals surface area contributed by atoms with Crippen molar-refractivity contribution < 1.29 is 14.3 Å². The fourth-order valence-corrected chi connectivity index (χ4v) is 5.28. The van der Waals surface area contributed by atoms with E-state index in [2.05, 4.69) is 4.99 Å². The summed E-state index contributed by atoms with van der Waals surface area (Å²) < 4.78 is 12.8. The minimum atomic E-state index is -0.686. The number of fused-ring (bicyclic) bond motifs is 1. The molecule has 0 N–H and O–H groups in total. The molecule has 2 heterocycles. The van der Waals surface area contributed by atoms with Gasteiger partial charge in [0.25, 0.3) is 5.56 Å². The summed E-state index contributed by atoms with van der Waals surface area (Å²) in [7, 11) is 0. The van der Waals surface area contributed by atoms with Crippen LogP contribution in [0.4, 0.5) is 0 Å². The smallest absolute Gasteiger partial charge is 0.338 e. The van der Waals surface area contributed by atoms with Gasteiger partial charge in [-0.1, -0.05) is 52.7 Å². The molecule has 1 aliphatic rings. The van der Waals surface area contributed by atoms with Gasteiger partial charge in [0, 0.05) is 10.0 Å². The van der Waals surface area contributed by atoms with Crippen LogP contribution >= 0.6 is 34.5 Å². The number of carbonyl (C=O) groups excluding carboxylic acids is 1. The maximum Gasteiger partial charge on any atom is 0.338 e. The van der Waals surface area contributed by atoms with Crippen molar-refractivity contribution in [3.05, 3.63) is 94.6 Å². The number of esters is 1. The van der Waals surface area contributed by atoms with Crippen LogP contribution in [-0.2, 0) is 9.53 Å². The van der Waals surface area contributed by atoms with Gasteiger partial charge in [0.1, 0.15) is 5.75 Å². The third kappa shape index (κ3) is 4.69. The van der Waals surface area contributed by atoms with Gasteiger partial charge in [-0.15, -0.1) is 0 Å². The minimum absolute atomic E-state index is 0.213. The van der Waals surface area contributed by atoms with Gasteiger partial charge in [0.15, 0.2) is 4.80 Å². The van der Waals surface area contributed by atoms with Gasteiger partial charge in [0.05, 0.1) is 35.1 Å². The first-order valence-electron chi connectivity index (χ1n) is 10.7. The van der Waals surface area contributed by atoms with Crippen molar-refractivity contribution in [2.45, 2.75) is 26.8 Å². The lowest BCUT2D eigenvalue weighted by atomic mass is 9.96. The van der Waals surface area contributed by atoms with Crippen LogP contribution in [0.5, 0.6) is 5.75 Å². The molecule has 34 heavy (non-hydrogen) atoms. The summed E-state index contributed by atoms with van der Waals surface area (Å²) >= 11 is 13.6. The van der Waals surface area contributed by atoms with E-state index in [1.165, 1.54) is 15.9 Å². The normalized spacial score (nSPS) is 15.7. The Bertz CT molecular complexity index is 1460. The number of nitrogens with zero attached hydrogens (tertiary/aromatic N) is 2. The molecular weight excluding hydrogens is 495 g/mol. The highest BCUT2D eigenvalue weighted by Crippen LogP contribution is 2.31. The molecule has 0 aliphatic carbocycles. The Balaban J connectivity index is 1.92. The second kappa shape index (κ2) is 10.2. The van der Waals surface area contributed by atoms with Crippen LogP contribution in [0.3, 0.4) is 0 Å². The summed E-state index contributed by atoms with van der Waals surface area (Å²) in [6.07, 6.45) is 1.71. The average Bonchev–Trinajstić information content (AvgIpc) is 3.10. The summed E-state index contributed by atoms with van der Waals surface area (Å²) in [6.45, 7) is 6.15. The van der Waals surface area contributed by atoms with Gasteiger partial charge in [-0.25, -0.2) is 9.79 Å². The molecule has 1 atom stereocenters. The highest BCUT2D eigenvalue weighted by Gasteiger charge is 2.33. The molecule has 0 bridgehead atoms. The Morgan fingerprint density at radius 2 is 1.88 bits per heavy atom. The number of ether oxygens (including phenoxy) is 2. The SMILES string of the molecule is CCOC(=O)C1=C(C)N=c2s/c(=C\c3ccc(Cl)cc3Cl)c(=O)n2[C@H]1c1ccc(OCC)cc1. The predicted molar refractivity (Wildman–Crippen MR) is 134 cm³/mol. The molecule has 2 aromatic carbocycles. The Morgan fingerprint density at radius 3 is 2.53 bits per heavy atom. The first-order chi connectivity index (χ1) is 16.3. The number of hydrogen-bond acceptors (Lipinski definition) is 6. The van der Waals surface area contributed by atoms with E-state index in [-0.39, 0.29) is 12.2 Å². The molecule has 0 radical (unpaired) electrons. The number of halogens is 2. The highest BCUT2D eigenvalue weighted by atomic mass is 35.5. The van der Waals surface area contributed by atoms with Gasteiger partial charge >= 0.3 is 5.97 Å². The van der Waals surface area contributed by atoms with E-state index in [4.69, 9.17) is 32.7 Å². The zero-order chi connectivity index (χ0) is 24.4. The van der Waals surface area contributed by atoms with Crippen LogP contribution in [0.25, 0.3) is 6.08 Å². The average molecular weight is 517 g/mol. The summed E-state index contributed by atoms with van der Waals surface area (Å²) in [4.78, 5) is 31.6. The lowest BCUT2D eigenvalue weighted by molar-refractivity contribution is -0.139. The first kappa shape index (κ1) is 24.3. The molecule has 3 aromatic rings. The molecule has 0 saturated carbocycles. The Morgan fingerprint density at radius 1 is 1.15 bits per heavy atom. The molecule has 6 nitrogen and oxygen atoms in total. The van der Waals surface area contributed by atoms with Crippen molar-refractivity contribution in [1.82, 2.24) is 4.57 Å². The van der Waals surface area contributed by atoms with Crippen molar-refractivity contribution in [3.63, 3.8) is 0 Å². The minimum Gasteiger partial charge on any atom is -0.494 e. The number of allylic oxidation sites excluding steroid dienone is 1. The molecule has 0 unspecified atom stereocenters. The first-order valence-corrected chi connectivity index (χ1v) is 12.3. The van der Waals surface area contributed by atoms with Gasteiger partial charge in [0.2, 0.25) is 0 Å². The van der Waals surface area contributed by atoms with Crippen LogP contribution in [0.2, 0.25) is 10.0 Å². The van der Waals surface area contributed by atoms with Crippen LogP contribution in [0, 0.1) is 0 Å². The monoisotopic (exact) mass is 516 g/mol. The molecule has 0 fully saturated rings. The summed E-state index contributed by atoms with van der Waals surface area (Å²) in [6, 6.07) is 11.7. The second-order valence-electron chi connectivity index (χ2n) is 7.47. The molecule has 0 amide bonds. The van der Waals surface area contributed by atoms with Crippen molar-refractivity contribution in [2.75, 3.05) is 13.2 Å². The number of hydrogen-bond donors (Lipinski definition) is 0. The fraction of sp³-hybridized carbons (Fsp3) is 0.240. The van der Waals surface area contributed by atoms with E-state index in [0.29, 0.717) is 48.6 Å². The maximum atomic E-state index is 13.6. The molecule has 9 heteroatoms. The second-order valence-corrected chi connectivity index (χ2v) is 9.32. The summed E-state index contributed by atoms with van der Waals surface area (Å²) in [5.74, 6) is 0.201. The fourth-order valence-electron chi connectivity index (χ4n) is 3.78.